The van der Waals surface area contributed by atoms with E-state index >= 15 is 0 Å². The van der Waals surface area contributed by atoms with Gasteiger partial charge in [0.15, 0.2) is 0 Å². The summed E-state index contributed by atoms with van der Waals surface area (Å²) in [6.45, 7) is 4.19. The van der Waals surface area contributed by atoms with Crippen LogP contribution in [-0.4, -0.2) is 37.2 Å². The van der Waals surface area contributed by atoms with Crippen molar-refractivity contribution in [2.75, 3.05) is 20.2 Å². The molecule has 1 aromatic carbocycles. The minimum atomic E-state index is 0.164. The number of nitrogens with zero attached hydrogens (tertiary/aromatic N) is 1. The third-order valence-electron chi connectivity index (χ3n) is 3.99. The van der Waals surface area contributed by atoms with Gasteiger partial charge in [0.1, 0.15) is 0 Å². The Labute approximate surface area is 124 Å². The molecule has 0 saturated carbocycles. The highest BCUT2D eigenvalue weighted by Gasteiger charge is 2.32. The topological polar surface area (TPSA) is 38.5 Å². The molecule has 0 amide bonds. The maximum atomic E-state index is 6.36. The SMILES string of the molecule is CCC(N)C(c1ccc(Br)cc1)N1CCC(OC)C1. The predicted octanol–water partition coefficient (Wildman–Crippen LogP) is 2.95. The molecule has 0 bridgehead atoms. The predicted molar refractivity (Wildman–Crippen MR) is 82.1 cm³/mol. The van der Waals surface area contributed by atoms with Crippen molar-refractivity contribution in [1.29, 1.82) is 0 Å². The van der Waals surface area contributed by atoms with Gasteiger partial charge in [0.2, 0.25) is 0 Å². The molecule has 1 aliphatic heterocycles. The lowest BCUT2D eigenvalue weighted by Crippen LogP contribution is -2.40. The first-order valence-electron chi connectivity index (χ1n) is 6.93. The number of hydrogen-bond acceptors (Lipinski definition) is 3. The summed E-state index contributed by atoms with van der Waals surface area (Å²) in [7, 11) is 1.79. The summed E-state index contributed by atoms with van der Waals surface area (Å²) in [6.07, 6.45) is 2.43. The normalized spacial score (nSPS) is 23.5. The minimum absolute atomic E-state index is 0.164. The highest BCUT2D eigenvalue weighted by molar-refractivity contribution is 9.10. The first kappa shape index (κ1) is 15.0. The first-order chi connectivity index (χ1) is 9.15. The molecular weight excluding hydrogens is 304 g/mol. The Morgan fingerprint density at radius 3 is 2.63 bits per heavy atom. The lowest BCUT2D eigenvalue weighted by molar-refractivity contribution is 0.0971. The second kappa shape index (κ2) is 6.84. The van der Waals surface area contributed by atoms with E-state index in [1.54, 1.807) is 7.11 Å². The van der Waals surface area contributed by atoms with Gasteiger partial charge < -0.3 is 10.5 Å². The fraction of sp³-hybridized carbons (Fsp3) is 0.600. The summed E-state index contributed by atoms with van der Waals surface area (Å²) in [4.78, 5) is 2.46. The number of nitrogens with two attached hydrogens (primary N) is 1. The summed E-state index contributed by atoms with van der Waals surface area (Å²) in [5, 5.41) is 0. The van der Waals surface area contributed by atoms with Crippen molar-refractivity contribution in [3.63, 3.8) is 0 Å². The number of ether oxygens (including phenoxy) is 1. The van der Waals surface area contributed by atoms with Gasteiger partial charge in [-0.1, -0.05) is 35.0 Å². The van der Waals surface area contributed by atoms with Gasteiger partial charge in [-0.3, -0.25) is 4.90 Å². The van der Waals surface area contributed by atoms with E-state index in [1.165, 1.54) is 5.56 Å². The van der Waals surface area contributed by atoms with Crippen molar-refractivity contribution in [3.8, 4) is 0 Å². The van der Waals surface area contributed by atoms with E-state index < -0.39 is 0 Å². The molecule has 2 rings (SSSR count). The second-order valence-corrected chi connectivity index (χ2v) is 6.13. The summed E-state index contributed by atoms with van der Waals surface area (Å²) in [5.41, 5.74) is 7.66. The van der Waals surface area contributed by atoms with E-state index in [2.05, 4.69) is 52.0 Å². The van der Waals surface area contributed by atoms with Crippen molar-refractivity contribution in [2.24, 2.45) is 5.73 Å². The van der Waals surface area contributed by atoms with E-state index in [0.29, 0.717) is 12.1 Å². The van der Waals surface area contributed by atoms with Gasteiger partial charge in [-0.25, -0.2) is 0 Å². The zero-order chi connectivity index (χ0) is 13.8. The van der Waals surface area contributed by atoms with Crippen LogP contribution >= 0.6 is 15.9 Å². The molecule has 1 heterocycles. The Morgan fingerprint density at radius 1 is 1.42 bits per heavy atom. The quantitative estimate of drug-likeness (QED) is 0.904. The zero-order valence-corrected chi connectivity index (χ0v) is 13.3. The van der Waals surface area contributed by atoms with Gasteiger partial charge in [-0.05, 0) is 30.5 Å². The number of likely N-dealkylation sites (tertiary alicyclic amines) is 1. The van der Waals surface area contributed by atoms with Gasteiger partial charge in [0.05, 0.1) is 6.10 Å². The largest absolute Gasteiger partial charge is 0.380 e. The average Bonchev–Trinajstić information content (AvgIpc) is 2.89. The highest BCUT2D eigenvalue weighted by Crippen LogP contribution is 2.30. The number of benzene rings is 1. The van der Waals surface area contributed by atoms with Crippen molar-refractivity contribution >= 4 is 15.9 Å². The molecule has 0 aromatic heterocycles. The second-order valence-electron chi connectivity index (χ2n) is 5.21. The van der Waals surface area contributed by atoms with Gasteiger partial charge in [0.25, 0.3) is 0 Å². The fourth-order valence-electron chi connectivity index (χ4n) is 2.81. The fourth-order valence-corrected chi connectivity index (χ4v) is 3.08. The van der Waals surface area contributed by atoms with Crippen LogP contribution in [0.4, 0.5) is 0 Å². The molecule has 3 nitrogen and oxygen atoms in total. The lowest BCUT2D eigenvalue weighted by atomic mass is 9.97. The van der Waals surface area contributed by atoms with Crippen LogP contribution in [0.3, 0.4) is 0 Å². The molecule has 1 aromatic rings. The number of halogens is 1. The zero-order valence-electron chi connectivity index (χ0n) is 11.7. The Morgan fingerprint density at radius 2 is 2.11 bits per heavy atom. The van der Waals surface area contributed by atoms with E-state index in [4.69, 9.17) is 10.5 Å². The summed E-state index contributed by atoms with van der Waals surface area (Å²) >= 11 is 3.49. The summed E-state index contributed by atoms with van der Waals surface area (Å²) < 4.78 is 6.58. The number of hydrogen-bond donors (Lipinski definition) is 1. The van der Waals surface area contributed by atoms with Crippen LogP contribution in [0.5, 0.6) is 0 Å². The Balaban J connectivity index is 2.19. The van der Waals surface area contributed by atoms with Gasteiger partial charge >= 0.3 is 0 Å². The van der Waals surface area contributed by atoms with Crippen LogP contribution in [-0.2, 0) is 4.74 Å². The van der Waals surface area contributed by atoms with Crippen LogP contribution in [0, 0.1) is 0 Å². The van der Waals surface area contributed by atoms with E-state index in [-0.39, 0.29) is 6.04 Å². The molecule has 0 radical (unpaired) electrons. The Hall–Kier alpha value is -0.420. The van der Waals surface area contributed by atoms with Crippen LogP contribution in [0.1, 0.15) is 31.4 Å². The number of rotatable bonds is 5. The molecule has 3 atom stereocenters. The van der Waals surface area contributed by atoms with Crippen LogP contribution in [0.2, 0.25) is 0 Å². The van der Waals surface area contributed by atoms with Gasteiger partial charge in [0, 0.05) is 36.8 Å². The molecule has 1 fully saturated rings. The van der Waals surface area contributed by atoms with E-state index in [9.17, 15) is 0 Å². The summed E-state index contributed by atoms with van der Waals surface area (Å²) in [5.74, 6) is 0. The summed E-state index contributed by atoms with van der Waals surface area (Å²) in [6, 6.07) is 8.98. The Kier molecular flexibility index (Phi) is 5.39. The lowest BCUT2D eigenvalue weighted by Gasteiger charge is -2.32. The molecular formula is C15H23BrN2O. The highest BCUT2D eigenvalue weighted by atomic mass is 79.9. The molecule has 0 spiro atoms. The molecule has 2 N–H and O–H groups in total. The smallest absolute Gasteiger partial charge is 0.0710 e. The van der Waals surface area contributed by atoms with Crippen molar-refractivity contribution in [1.82, 2.24) is 4.90 Å². The molecule has 0 aliphatic carbocycles. The molecule has 1 saturated heterocycles. The van der Waals surface area contributed by atoms with E-state index in [0.717, 1.165) is 30.4 Å². The molecule has 19 heavy (non-hydrogen) atoms. The van der Waals surface area contributed by atoms with Crippen molar-refractivity contribution in [2.45, 2.75) is 38.0 Å². The third-order valence-corrected chi connectivity index (χ3v) is 4.52. The maximum Gasteiger partial charge on any atom is 0.0710 e. The average molecular weight is 327 g/mol. The van der Waals surface area contributed by atoms with Crippen molar-refractivity contribution < 1.29 is 4.74 Å². The van der Waals surface area contributed by atoms with E-state index in [1.807, 2.05) is 0 Å². The monoisotopic (exact) mass is 326 g/mol. The standard InChI is InChI=1S/C15H23BrN2O/c1-3-14(17)15(11-4-6-12(16)7-5-11)18-9-8-13(10-18)19-2/h4-7,13-15H,3,8-10,17H2,1-2H3. The molecule has 3 unspecified atom stereocenters. The van der Waals surface area contributed by atoms with Crippen LogP contribution in [0.15, 0.2) is 28.7 Å². The van der Waals surface area contributed by atoms with Crippen molar-refractivity contribution in [3.05, 3.63) is 34.3 Å². The molecule has 1 aliphatic rings. The Bertz CT molecular complexity index is 396. The van der Waals surface area contributed by atoms with Crippen LogP contribution < -0.4 is 5.73 Å². The molecule has 106 valence electrons. The maximum absolute atomic E-state index is 6.36. The number of methoxy groups -OCH3 is 1. The van der Waals surface area contributed by atoms with Crippen LogP contribution in [0.25, 0.3) is 0 Å². The molecule has 4 heteroatoms. The minimum Gasteiger partial charge on any atom is -0.380 e. The third kappa shape index (κ3) is 3.57. The van der Waals surface area contributed by atoms with Gasteiger partial charge in [-0.2, -0.15) is 0 Å². The van der Waals surface area contributed by atoms with Gasteiger partial charge in [-0.15, -0.1) is 0 Å². The first-order valence-corrected chi connectivity index (χ1v) is 7.73.